The Morgan fingerprint density at radius 2 is 2.24 bits per heavy atom. The van der Waals surface area contributed by atoms with Gasteiger partial charge in [-0.05, 0) is 26.9 Å². The molecular formula is C13H22N4. The lowest BCUT2D eigenvalue weighted by Crippen LogP contribution is -2.26. The van der Waals surface area contributed by atoms with Gasteiger partial charge in [0.15, 0.2) is 0 Å². The maximum Gasteiger partial charge on any atom is 0.112 e. The van der Waals surface area contributed by atoms with Crippen LogP contribution < -0.4 is 5.32 Å². The molecule has 2 heterocycles. The summed E-state index contributed by atoms with van der Waals surface area (Å²) < 4.78 is 2.51. The molecule has 0 aromatic carbocycles. The van der Waals surface area contributed by atoms with Crippen molar-refractivity contribution in [1.82, 2.24) is 19.8 Å². The molecule has 17 heavy (non-hydrogen) atoms. The molecule has 0 radical (unpaired) electrons. The normalized spacial score (nSPS) is 19.7. The molecule has 1 aliphatic carbocycles. The number of hydrogen-bond donors (Lipinski definition) is 1. The van der Waals surface area contributed by atoms with E-state index in [1.54, 1.807) is 0 Å². The van der Waals surface area contributed by atoms with Crippen molar-refractivity contribution in [3.63, 3.8) is 0 Å². The summed E-state index contributed by atoms with van der Waals surface area (Å²) >= 11 is 0. The van der Waals surface area contributed by atoms with Gasteiger partial charge < -0.3 is 14.8 Å². The van der Waals surface area contributed by atoms with Crippen molar-refractivity contribution in [2.24, 2.45) is 0 Å². The Labute approximate surface area is 103 Å². The smallest absolute Gasteiger partial charge is 0.112 e. The Kier molecular flexibility index (Phi) is 2.92. The van der Waals surface area contributed by atoms with Gasteiger partial charge in [0.2, 0.25) is 0 Å². The van der Waals surface area contributed by atoms with Gasteiger partial charge in [-0.25, -0.2) is 4.98 Å². The first kappa shape index (κ1) is 11.2. The molecule has 1 N–H and O–H groups in total. The van der Waals surface area contributed by atoms with Gasteiger partial charge in [0.25, 0.3) is 0 Å². The standard InChI is InChI=1S/C13H22N4/c1-16(2)7-8-17-12-5-6-14-9-11(12)15-13(17)10-3-4-10/h10,14H,3-9H2,1-2H3. The highest BCUT2D eigenvalue weighted by Gasteiger charge is 2.31. The molecule has 1 fully saturated rings. The van der Waals surface area contributed by atoms with Gasteiger partial charge in [0.05, 0.1) is 5.69 Å². The van der Waals surface area contributed by atoms with Crippen LogP contribution in [0, 0.1) is 0 Å². The Morgan fingerprint density at radius 1 is 1.41 bits per heavy atom. The lowest BCUT2D eigenvalue weighted by atomic mass is 10.2. The summed E-state index contributed by atoms with van der Waals surface area (Å²) in [5, 5.41) is 3.42. The van der Waals surface area contributed by atoms with Crippen LogP contribution in [0.25, 0.3) is 0 Å². The van der Waals surface area contributed by atoms with Crippen LogP contribution in [0.5, 0.6) is 0 Å². The summed E-state index contributed by atoms with van der Waals surface area (Å²) in [7, 11) is 4.28. The van der Waals surface area contributed by atoms with Crippen molar-refractivity contribution in [2.75, 3.05) is 27.2 Å². The van der Waals surface area contributed by atoms with Crippen molar-refractivity contribution in [3.05, 3.63) is 17.2 Å². The summed E-state index contributed by atoms with van der Waals surface area (Å²) in [4.78, 5) is 7.13. The summed E-state index contributed by atoms with van der Waals surface area (Å²) in [5.74, 6) is 2.11. The zero-order valence-corrected chi connectivity index (χ0v) is 10.9. The molecule has 4 heteroatoms. The number of aromatic nitrogens is 2. The van der Waals surface area contributed by atoms with E-state index in [9.17, 15) is 0 Å². The van der Waals surface area contributed by atoms with Crippen LogP contribution >= 0.6 is 0 Å². The Balaban J connectivity index is 1.88. The highest BCUT2D eigenvalue weighted by atomic mass is 15.2. The summed E-state index contributed by atoms with van der Waals surface area (Å²) in [5.41, 5.74) is 2.80. The molecule has 1 aliphatic heterocycles. The van der Waals surface area contributed by atoms with E-state index in [4.69, 9.17) is 4.98 Å². The third kappa shape index (κ3) is 2.24. The molecule has 1 aromatic rings. The van der Waals surface area contributed by atoms with E-state index in [1.165, 1.54) is 30.1 Å². The first-order chi connectivity index (χ1) is 8.25. The number of rotatable bonds is 4. The zero-order chi connectivity index (χ0) is 11.8. The number of nitrogens with zero attached hydrogens (tertiary/aromatic N) is 3. The van der Waals surface area contributed by atoms with Gasteiger partial charge in [0, 0.05) is 44.2 Å². The lowest BCUT2D eigenvalue weighted by molar-refractivity contribution is 0.376. The van der Waals surface area contributed by atoms with Crippen LogP contribution in [0.15, 0.2) is 0 Å². The van der Waals surface area contributed by atoms with Crippen LogP contribution in [0.4, 0.5) is 0 Å². The van der Waals surface area contributed by atoms with E-state index in [2.05, 4.69) is 28.9 Å². The molecule has 1 saturated carbocycles. The molecule has 1 aromatic heterocycles. The average molecular weight is 234 g/mol. The highest BCUT2D eigenvalue weighted by Crippen LogP contribution is 2.40. The molecule has 4 nitrogen and oxygen atoms in total. The molecule has 3 rings (SSSR count). The van der Waals surface area contributed by atoms with Crippen molar-refractivity contribution in [3.8, 4) is 0 Å². The fourth-order valence-electron chi connectivity index (χ4n) is 2.59. The van der Waals surface area contributed by atoms with E-state index >= 15 is 0 Å². The second-order valence-electron chi connectivity index (χ2n) is 5.52. The molecule has 0 amide bonds. The number of fused-ring (bicyclic) bond motifs is 1. The van der Waals surface area contributed by atoms with Gasteiger partial charge >= 0.3 is 0 Å². The second-order valence-corrected chi connectivity index (χ2v) is 5.52. The predicted octanol–water partition coefficient (Wildman–Crippen LogP) is 0.968. The summed E-state index contributed by atoms with van der Waals surface area (Å²) in [6.07, 6.45) is 3.82. The minimum absolute atomic E-state index is 0.753. The molecule has 0 spiro atoms. The van der Waals surface area contributed by atoms with Gasteiger partial charge in [-0.2, -0.15) is 0 Å². The van der Waals surface area contributed by atoms with E-state index in [1.807, 2.05) is 0 Å². The van der Waals surface area contributed by atoms with Crippen LogP contribution in [-0.2, 0) is 19.5 Å². The Morgan fingerprint density at radius 3 is 2.94 bits per heavy atom. The van der Waals surface area contributed by atoms with Crippen LogP contribution in [0.3, 0.4) is 0 Å². The van der Waals surface area contributed by atoms with E-state index in [0.29, 0.717) is 0 Å². The van der Waals surface area contributed by atoms with Crippen LogP contribution in [0.2, 0.25) is 0 Å². The minimum Gasteiger partial charge on any atom is -0.330 e. The number of nitrogens with one attached hydrogen (secondary N) is 1. The predicted molar refractivity (Wildman–Crippen MR) is 68.2 cm³/mol. The molecule has 94 valence electrons. The lowest BCUT2D eigenvalue weighted by Gasteiger charge is -2.18. The van der Waals surface area contributed by atoms with Crippen LogP contribution in [0.1, 0.15) is 36.0 Å². The Hall–Kier alpha value is -0.870. The molecular weight excluding hydrogens is 212 g/mol. The summed E-state index contributed by atoms with van der Waals surface area (Å²) in [6.45, 7) is 4.27. The number of likely N-dealkylation sites (N-methyl/N-ethyl adjacent to an activating group) is 1. The Bertz CT molecular complexity index is 404. The maximum absolute atomic E-state index is 4.87. The van der Waals surface area contributed by atoms with Crippen molar-refractivity contribution in [1.29, 1.82) is 0 Å². The second kappa shape index (κ2) is 4.42. The van der Waals surface area contributed by atoms with E-state index < -0.39 is 0 Å². The van der Waals surface area contributed by atoms with Gasteiger partial charge in [-0.1, -0.05) is 0 Å². The van der Waals surface area contributed by atoms with Crippen molar-refractivity contribution in [2.45, 2.75) is 38.3 Å². The minimum atomic E-state index is 0.753. The van der Waals surface area contributed by atoms with Gasteiger partial charge in [-0.3, -0.25) is 0 Å². The van der Waals surface area contributed by atoms with Crippen molar-refractivity contribution >= 4 is 0 Å². The van der Waals surface area contributed by atoms with Gasteiger partial charge in [0.1, 0.15) is 5.82 Å². The number of hydrogen-bond acceptors (Lipinski definition) is 3. The molecule has 0 unspecified atom stereocenters. The molecule has 0 atom stereocenters. The largest absolute Gasteiger partial charge is 0.330 e. The number of imidazole rings is 1. The first-order valence-electron chi connectivity index (χ1n) is 6.69. The highest BCUT2D eigenvalue weighted by molar-refractivity contribution is 5.24. The molecule has 0 bridgehead atoms. The summed E-state index contributed by atoms with van der Waals surface area (Å²) in [6, 6.07) is 0. The monoisotopic (exact) mass is 234 g/mol. The van der Waals surface area contributed by atoms with Crippen LogP contribution in [-0.4, -0.2) is 41.6 Å². The first-order valence-corrected chi connectivity index (χ1v) is 6.69. The SMILES string of the molecule is CN(C)CCn1c(C2CC2)nc2c1CCNC2. The van der Waals surface area contributed by atoms with E-state index in [-0.39, 0.29) is 0 Å². The van der Waals surface area contributed by atoms with Crippen molar-refractivity contribution < 1.29 is 0 Å². The molecule has 0 saturated heterocycles. The fraction of sp³-hybridized carbons (Fsp3) is 0.769. The quantitative estimate of drug-likeness (QED) is 0.842. The third-order valence-electron chi connectivity index (χ3n) is 3.73. The fourth-order valence-corrected chi connectivity index (χ4v) is 2.59. The average Bonchev–Trinajstić information content (AvgIpc) is 3.08. The zero-order valence-electron chi connectivity index (χ0n) is 10.9. The maximum atomic E-state index is 4.87. The topological polar surface area (TPSA) is 33.1 Å². The molecule has 2 aliphatic rings. The van der Waals surface area contributed by atoms with Gasteiger partial charge in [-0.15, -0.1) is 0 Å². The van der Waals surface area contributed by atoms with E-state index in [0.717, 1.165) is 38.5 Å². The third-order valence-corrected chi connectivity index (χ3v) is 3.73.